The van der Waals surface area contributed by atoms with E-state index >= 15 is 0 Å². The predicted octanol–water partition coefficient (Wildman–Crippen LogP) is -1.16. The van der Waals surface area contributed by atoms with Gasteiger partial charge in [-0.1, -0.05) is 30.0 Å². The molecule has 0 radical (unpaired) electrons. The van der Waals surface area contributed by atoms with E-state index in [9.17, 15) is 20.1 Å². The smallest absolute Gasteiger partial charge is 0.349 e. The van der Waals surface area contributed by atoms with Crippen LogP contribution in [0.25, 0.3) is 0 Å². The molecule has 0 saturated carbocycles. The van der Waals surface area contributed by atoms with Gasteiger partial charge in [0.1, 0.15) is 18.3 Å². The van der Waals surface area contributed by atoms with E-state index in [0.717, 1.165) is 11.8 Å². The molecule has 25 heavy (non-hydrogen) atoms. The van der Waals surface area contributed by atoms with Gasteiger partial charge < -0.3 is 35.6 Å². The third kappa shape index (κ3) is 4.32. The van der Waals surface area contributed by atoms with Gasteiger partial charge in [-0.05, 0) is 12.1 Å². The van der Waals surface area contributed by atoms with Crippen molar-refractivity contribution in [3.05, 3.63) is 30.3 Å². The highest BCUT2D eigenvalue weighted by molar-refractivity contribution is 8.01. The first-order chi connectivity index (χ1) is 11.8. The van der Waals surface area contributed by atoms with Crippen molar-refractivity contribution >= 4 is 17.7 Å². The summed E-state index contributed by atoms with van der Waals surface area (Å²) in [6.07, 6.45) is -5.73. The normalized spacial score (nSPS) is 32.0. The minimum atomic E-state index is -1.65. The fraction of sp³-hybridized carbons (Fsp3) is 0.562. The van der Waals surface area contributed by atoms with Crippen LogP contribution in [-0.4, -0.2) is 75.5 Å². The quantitative estimate of drug-likeness (QED) is 0.390. The Labute approximate surface area is 149 Å². The second kappa shape index (κ2) is 8.45. The zero-order valence-corrected chi connectivity index (χ0v) is 14.5. The van der Waals surface area contributed by atoms with Crippen molar-refractivity contribution in [2.45, 2.75) is 46.7 Å². The molecule has 2 unspecified atom stereocenters. The lowest BCUT2D eigenvalue weighted by atomic mass is 9.90. The highest BCUT2D eigenvalue weighted by atomic mass is 32.2. The molecular weight excluding hydrogens is 350 g/mol. The Morgan fingerprint density at radius 2 is 2.08 bits per heavy atom. The van der Waals surface area contributed by atoms with Crippen LogP contribution in [0.15, 0.2) is 35.2 Å². The molecule has 8 nitrogen and oxygen atoms in total. The maximum absolute atomic E-state index is 12.4. The molecule has 2 rings (SSSR count). The van der Waals surface area contributed by atoms with Gasteiger partial charge in [0.2, 0.25) is 4.93 Å². The fourth-order valence-electron chi connectivity index (χ4n) is 2.67. The summed E-state index contributed by atoms with van der Waals surface area (Å²) in [7, 11) is 1.19. The summed E-state index contributed by atoms with van der Waals surface area (Å²) in [5.41, 5.74) is 5.88. The minimum Gasteiger partial charge on any atom is -0.466 e. The average Bonchev–Trinajstić information content (AvgIpc) is 2.63. The first kappa shape index (κ1) is 20.1. The maximum Gasteiger partial charge on any atom is 0.349 e. The molecule has 1 aromatic rings. The molecule has 6 atom stereocenters. The van der Waals surface area contributed by atoms with E-state index in [1.807, 2.05) is 6.07 Å². The number of esters is 1. The van der Waals surface area contributed by atoms with Gasteiger partial charge in [0.05, 0.1) is 25.9 Å². The van der Waals surface area contributed by atoms with E-state index < -0.39 is 48.0 Å². The predicted molar refractivity (Wildman–Crippen MR) is 89.6 cm³/mol. The van der Waals surface area contributed by atoms with Crippen LogP contribution in [0.2, 0.25) is 0 Å². The van der Waals surface area contributed by atoms with Gasteiger partial charge >= 0.3 is 5.97 Å². The van der Waals surface area contributed by atoms with Crippen LogP contribution in [0, 0.1) is 0 Å². The molecule has 140 valence electrons. The van der Waals surface area contributed by atoms with Gasteiger partial charge in [-0.2, -0.15) is 0 Å². The van der Waals surface area contributed by atoms with Gasteiger partial charge in [-0.15, -0.1) is 0 Å². The lowest BCUT2D eigenvalue weighted by molar-refractivity contribution is -0.203. The SMILES string of the molecule is COC(=O)C1(Sc2ccccc2)C[C@@H](O)[C@@H](N)C([C@H](O)[C@H](O)CO)O1. The van der Waals surface area contributed by atoms with Crippen molar-refractivity contribution in [1.29, 1.82) is 0 Å². The number of aliphatic hydroxyl groups excluding tert-OH is 4. The summed E-state index contributed by atoms with van der Waals surface area (Å²) in [4.78, 5) is 11.5. The standard InChI is InChI=1S/C16H23NO7S/c1-23-15(22)16(25-9-5-3-2-4-6-9)7-10(19)12(17)14(24-16)13(21)11(20)8-18/h2-6,10-14,18-21H,7-8,17H2,1H3/t10-,11-,12-,13-,14?,16?/m1/s1. The summed E-state index contributed by atoms with van der Waals surface area (Å²) < 4.78 is 10.6. The Bertz CT molecular complexity index is 575. The van der Waals surface area contributed by atoms with Gasteiger partial charge in [-0.3, -0.25) is 0 Å². The van der Waals surface area contributed by atoms with E-state index in [4.69, 9.17) is 20.3 Å². The Kier molecular flexibility index (Phi) is 6.80. The molecule has 1 heterocycles. The van der Waals surface area contributed by atoms with Crippen molar-refractivity contribution < 1.29 is 34.7 Å². The molecule has 0 bridgehead atoms. The Morgan fingerprint density at radius 1 is 1.44 bits per heavy atom. The molecule has 0 aliphatic carbocycles. The van der Waals surface area contributed by atoms with E-state index in [-0.39, 0.29) is 6.42 Å². The molecule has 1 aliphatic heterocycles. The van der Waals surface area contributed by atoms with Crippen molar-refractivity contribution in [3.8, 4) is 0 Å². The summed E-state index contributed by atoms with van der Waals surface area (Å²) in [6, 6.07) is 7.83. The summed E-state index contributed by atoms with van der Waals surface area (Å²) in [5.74, 6) is -0.747. The molecule has 1 aliphatic rings. The highest BCUT2D eigenvalue weighted by Crippen LogP contribution is 2.44. The second-order valence-electron chi connectivity index (χ2n) is 5.83. The van der Waals surface area contributed by atoms with Crippen molar-refractivity contribution in [1.82, 2.24) is 0 Å². The Morgan fingerprint density at radius 3 is 2.64 bits per heavy atom. The fourth-order valence-corrected chi connectivity index (χ4v) is 3.93. The second-order valence-corrected chi connectivity index (χ2v) is 7.17. The largest absolute Gasteiger partial charge is 0.466 e. The van der Waals surface area contributed by atoms with Crippen LogP contribution >= 0.6 is 11.8 Å². The number of aliphatic hydroxyl groups is 4. The molecule has 1 fully saturated rings. The van der Waals surface area contributed by atoms with E-state index in [1.165, 1.54) is 7.11 Å². The molecule has 0 spiro atoms. The van der Waals surface area contributed by atoms with Gasteiger partial charge in [0.25, 0.3) is 0 Å². The summed E-state index contributed by atoms with van der Waals surface area (Å²) in [6.45, 7) is -0.721. The maximum atomic E-state index is 12.4. The van der Waals surface area contributed by atoms with Crippen molar-refractivity contribution in [3.63, 3.8) is 0 Å². The van der Waals surface area contributed by atoms with Gasteiger partial charge in [-0.25, -0.2) is 4.79 Å². The van der Waals surface area contributed by atoms with E-state index in [2.05, 4.69) is 0 Å². The first-order valence-corrected chi connectivity index (χ1v) is 8.57. The number of hydrogen-bond acceptors (Lipinski definition) is 9. The Balaban J connectivity index is 2.36. The number of hydrogen-bond donors (Lipinski definition) is 5. The van der Waals surface area contributed by atoms with Crippen molar-refractivity contribution in [2.75, 3.05) is 13.7 Å². The number of ether oxygens (including phenoxy) is 2. The van der Waals surface area contributed by atoms with E-state index in [0.29, 0.717) is 4.90 Å². The zero-order valence-electron chi connectivity index (χ0n) is 13.7. The molecule has 1 aromatic carbocycles. The third-order valence-corrected chi connectivity index (χ3v) is 5.34. The van der Waals surface area contributed by atoms with Crippen LogP contribution in [0.4, 0.5) is 0 Å². The number of carbonyl (C=O) groups is 1. The molecule has 1 saturated heterocycles. The lowest BCUT2D eigenvalue weighted by Gasteiger charge is -2.45. The van der Waals surface area contributed by atoms with Crippen LogP contribution in [0.3, 0.4) is 0 Å². The Hall–Kier alpha value is -1.20. The molecule has 0 amide bonds. The number of nitrogens with two attached hydrogens (primary N) is 1. The molecule has 0 aromatic heterocycles. The topological polar surface area (TPSA) is 142 Å². The third-order valence-electron chi connectivity index (χ3n) is 4.07. The van der Waals surface area contributed by atoms with Crippen molar-refractivity contribution in [2.24, 2.45) is 5.73 Å². The van der Waals surface area contributed by atoms with Crippen LogP contribution in [0.1, 0.15) is 6.42 Å². The summed E-state index contributed by atoms with van der Waals surface area (Å²) in [5, 5.41) is 39.3. The van der Waals surface area contributed by atoms with Gasteiger partial charge in [0.15, 0.2) is 0 Å². The van der Waals surface area contributed by atoms with Crippen LogP contribution in [-0.2, 0) is 14.3 Å². The minimum absolute atomic E-state index is 0.154. The number of methoxy groups -OCH3 is 1. The zero-order chi connectivity index (χ0) is 18.6. The van der Waals surface area contributed by atoms with E-state index in [1.54, 1.807) is 24.3 Å². The number of thioether (sulfide) groups is 1. The number of rotatable bonds is 6. The van der Waals surface area contributed by atoms with Crippen LogP contribution < -0.4 is 5.73 Å². The average molecular weight is 373 g/mol. The monoisotopic (exact) mass is 373 g/mol. The molecule has 6 N–H and O–H groups in total. The molecule has 9 heteroatoms. The molecular formula is C16H23NO7S. The summed E-state index contributed by atoms with van der Waals surface area (Å²) >= 11 is 1.02. The van der Waals surface area contributed by atoms with Gasteiger partial charge in [0, 0.05) is 11.3 Å². The number of benzene rings is 1. The van der Waals surface area contributed by atoms with Crippen LogP contribution in [0.5, 0.6) is 0 Å². The lowest BCUT2D eigenvalue weighted by Crippen LogP contribution is -2.64. The number of carbonyl (C=O) groups excluding carboxylic acids is 1. The first-order valence-electron chi connectivity index (χ1n) is 7.75. The highest BCUT2D eigenvalue weighted by Gasteiger charge is 2.54.